The van der Waals surface area contributed by atoms with Crippen LogP contribution in [0.15, 0.2) is 48.5 Å². The third-order valence-electron chi connectivity index (χ3n) is 6.47. The fourth-order valence-corrected chi connectivity index (χ4v) is 5.08. The van der Waals surface area contributed by atoms with Crippen LogP contribution in [0.4, 0.5) is 0 Å². The number of benzene rings is 2. The quantitative estimate of drug-likeness (QED) is 0.839. The first-order valence-electron chi connectivity index (χ1n) is 10.5. The molecule has 28 heavy (non-hydrogen) atoms. The molecule has 0 spiro atoms. The van der Waals surface area contributed by atoms with Crippen molar-refractivity contribution in [3.05, 3.63) is 65.2 Å². The van der Waals surface area contributed by atoms with E-state index in [2.05, 4.69) is 29.6 Å². The summed E-state index contributed by atoms with van der Waals surface area (Å²) in [6, 6.07) is 17.9. The fourth-order valence-electron chi connectivity index (χ4n) is 5.08. The van der Waals surface area contributed by atoms with Crippen molar-refractivity contribution < 1.29 is 14.4 Å². The zero-order valence-electron chi connectivity index (χ0n) is 16.9. The lowest BCUT2D eigenvalue weighted by molar-refractivity contribution is -0.973. The second kappa shape index (κ2) is 8.36. The number of methoxy groups -OCH3 is 1. The predicted octanol–water partition coefficient (Wildman–Crippen LogP) is 2.90. The molecule has 4 heteroatoms. The molecule has 0 saturated carbocycles. The number of carbonyl (C=O) groups excluding carboxylic acids is 1. The maximum absolute atomic E-state index is 12.7. The molecule has 1 amide bonds. The number of piperidine rings is 2. The third-order valence-corrected chi connectivity index (χ3v) is 6.47. The molecule has 4 rings (SSSR count). The summed E-state index contributed by atoms with van der Waals surface area (Å²) in [5.41, 5.74) is 3.27. The van der Waals surface area contributed by atoms with Crippen molar-refractivity contribution in [1.29, 1.82) is 0 Å². The van der Waals surface area contributed by atoms with Crippen LogP contribution in [0, 0.1) is 6.92 Å². The molecule has 2 fully saturated rings. The number of ether oxygens (including phenoxy) is 1. The van der Waals surface area contributed by atoms with Gasteiger partial charge in [0.15, 0.2) is 0 Å². The van der Waals surface area contributed by atoms with Crippen molar-refractivity contribution in [2.75, 3.05) is 7.11 Å². The van der Waals surface area contributed by atoms with Gasteiger partial charge in [-0.2, -0.15) is 0 Å². The molecule has 4 nitrogen and oxygen atoms in total. The maximum atomic E-state index is 12.7. The fraction of sp³-hybridized carbons (Fsp3) is 0.458. The molecule has 0 radical (unpaired) electrons. The summed E-state index contributed by atoms with van der Waals surface area (Å²) in [6.07, 6.45) is 6.01. The van der Waals surface area contributed by atoms with Gasteiger partial charge in [0.05, 0.1) is 19.2 Å². The highest BCUT2D eigenvalue weighted by molar-refractivity contribution is 5.94. The van der Waals surface area contributed by atoms with Crippen molar-refractivity contribution in [3.8, 4) is 5.75 Å². The van der Waals surface area contributed by atoms with Crippen LogP contribution in [0.2, 0.25) is 0 Å². The summed E-state index contributed by atoms with van der Waals surface area (Å²) in [5, 5.41) is 3.32. The highest BCUT2D eigenvalue weighted by atomic mass is 16.5. The van der Waals surface area contributed by atoms with Gasteiger partial charge in [-0.25, -0.2) is 0 Å². The van der Waals surface area contributed by atoms with Crippen molar-refractivity contribution in [3.63, 3.8) is 0 Å². The number of nitrogens with one attached hydrogen (secondary N) is 2. The van der Waals surface area contributed by atoms with Crippen LogP contribution in [0.25, 0.3) is 0 Å². The van der Waals surface area contributed by atoms with E-state index in [9.17, 15) is 4.79 Å². The highest BCUT2D eigenvalue weighted by Crippen LogP contribution is 2.23. The molecule has 2 atom stereocenters. The number of quaternary nitrogens is 1. The Hall–Kier alpha value is -2.33. The van der Waals surface area contributed by atoms with Gasteiger partial charge in [-0.3, -0.25) is 4.79 Å². The van der Waals surface area contributed by atoms with E-state index < -0.39 is 0 Å². The van der Waals surface area contributed by atoms with Crippen LogP contribution in [-0.4, -0.2) is 31.1 Å². The zero-order chi connectivity index (χ0) is 19.5. The minimum atomic E-state index is 0.0744. The SMILES string of the molecule is COc1ccc(C[NH+]2[C@@H]3CCC[C@@H]2CC(NC(=O)c2cccc(C)c2)C3)cc1. The predicted molar refractivity (Wildman–Crippen MR) is 111 cm³/mol. The number of rotatable bonds is 5. The smallest absolute Gasteiger partial charge is 0.251 e. The van der Waals surface area contributed by atoms with Crippen molar-refractivity contribution in [2.24, 2.45) is 0 Å². The van der Waals surface area contributed by atoms with Gasteiger partial charge in [-0.15, -0.1) is 0 Å². The van der Waals surface area contributed by atoms with Crippen molar-refractivity contribution in [2.45, 2.75) is 63.7 Å². The van der Waals surface area contributed by atoms with E-state index in [1.165, 1.54) is 24.8 Å². The maximum Gasteiger partial charge on any atom is 0.251 e. The minimum Gasteiger partial charge on any atom is -0.497 e. The summed E-state index contributed by atoms with van der Waals surface area (Å²) < 4.78 is 5.28. The van der Waals surface area contributed by atoms with Gasteiger partial charge in [0.1, 0.15) is 12.3 Å². The van der Waals surface area contributed by atoms with Crippen LogP contribution >= 0.6 is 0 Å². The van der Waals surface area contributed by atoms with E-state index in [4.69, 9.17) is 4.74 Å². The monoisotopic (exact) mass is 379 g/mol. The second-order valence-corrected chi connectivity index (χ2v) is 8.44. The molecular formula is C24H31N2O2+. The largest absolute Gasteiger partial charge is 0.497 e. The number of aryl methyl sites for hydroxylation is 1. The van der Waals surface area contributed by atoms with E-state index in [-0.39, 0.29) is 5.91 Å². The van der Waals surface area contributed by atoms with Crippen LogP contribution < -0.4 is 15.0 Å². The summed E-state index contributed by atoms with van der Waals surface area (Å²) in [4.78, 5) is 14.4. The van der Waals surface area contributed by atoms with E-state index in [0.29, 0.717) is 18.1 Å². The number of hydrogen-bond acceptors (Lipinski definition) is 2. The number of carbonyl (C=O) groups is 1. The Kier molecular flexibility index (Phi) is 5.67. The Morgan fingerprint density at radius 2 is 1.82 bits per heavy atom. The first-order valence-corrected chi connectivity index (χ1v) is 10.5. The van der Waals surface area contributed by atoms with Crippen molar-refractivity contribution >= 4 is 5.91 Å². The Bertz CT molecular complexity index is 804. The third kappa shape index (κ3) is 4.22. The van der Waals surface area contributed by atoms with Crippen molar-refractivity contribution in [1.82, 2.24) is 5.32 Å². The van der Waals surface area contributed by atoms with E-state index in [0.717, 1.165) is 36.3 Å². The van der Waals surface area contributed by atoms with Gasteiger partial charge < -0.3 is 15.0 Å². The molecule has 2 aliphatic heterocycles. The molecule has 2 aliphatic rings. The normalized spacial score (nSPS) is 26.5. The lowest BCUT2D eigenvalue weighted by Crippen LogP contribution is -3.20. The minimum absolute atomic E-state index is 0.0744. The molecule has 148 valence electrons. The molecule has 2 aromatic rings. The van der Waals surface area contributed by atoms with Gasteiger partial charge in [0.2, 0.25) is 0 Å². The lowest BCUT2D eigenvalue weighted by Gasteiger charge is -2.46. The average Bonchev–Trinajstić information content (AvgIpc) is 2.69. The highest BCUT2D eigenvalue weighted by Gasteiger charge is 2.42. The first kappa shape index (κ1) is 19.0. The van der Waals surface area contributed by atoms with Gasteiger partial charge in [-0.1, -0.05) is 17.7 Å². The molecule has 2 N–H and O–H groups in total. The Balaban J connectivity index is 1.40. The van der Waals surface area contributed by atoms with Crippen LogP contribution in [-0.2, 0) is 6.54 Å². The second-order valence-electron chi connectivity index (χ2n) is 8.44. The zero-order valence-corrected chi connectivity index (χ0v) is 16.9. The lowest BCUT2D eigenvalue weighted by atomic mass is 9.81. The summed E-state index contributed by atoms with van der Waals surface area (Å²) in [7, 11) is 1.71. The Labute approximate surface area is 167 Å². The summed E-state index contributed by atoms with van der Waals surface area (Å²) in [5.74, 6) is 0.988. The first-order chi connectivity index (χ1) is 13.6. The van der Waals surface area contributed by atoms with Crippen LogP contribution in [0.5, 0.6) is 5.75 Å². The van der Waals surface area contributed by atoms with E-state index >= 15 is 0 Å². The van der Waals surface area contributed by atoms with Gasteiger partial charge in [0, 0.05) is 30.0 Å². The number of fused-ring (bicyclic) bond motifs is 2. The molecule has 0 aromatic heterocycles. The molecule has 2 saturated heterocycles. The summed E-state index contributed by atoms with van der Waals surface area (Å²) in [6.45, 7) is 3.10. The standard InChI is InChI=1S/C24H30N2O2/c1-17-5-3-6-19(13-17)24(27)25-20-14-21-7-4-8-22(15-20)26(21)16-18-9-11-23(28-2)12-10-18/h3,5-6,9-13,20-22H,4,7-8,14-16H2,1-2H3,(H,25,27)/p+1/t21-,22-/m1/s1. The van der Waals surface area contributed by atoms with E-state index in [1.807, 2.05) is 31.2 Å². The molecule has 2 bridgehead atoms. The molecule has 0 aliphatic carbocycles. The summed E-state index contributed by atoms with van der Waals surface area (Å²) >= 11 is 0. The number of amides is 1. The molecule has 2 aromatic carbocycles. The Morgan fingerprint density at radius 1 is 1.11 bits per heavy atom. The topological polar surface area (TPSA) is 42.8 Å². The Morgan fingerprint density at radius 3 is 2.46 bits per heavy atom. The van der Waals surface area contributed by atoms with Gasteiger partial charge in [-0.05, 0) is 62.6 Å². The molecular weight excluding hydrogens is 348 g/mol. The van der Waals surface area contributed by atoms with Gasteiger partial charge in [0.25, 0.3) is 5.91 Å². The van der Waals surface area contributed by atoms with Crippen LogP contribution in [0.1, 0.15) is 53.6 Å². The molecule has 2 heterocycles. The number of hydrogen-bond donors (Lipinski definition) is 2. The average molecular weight is 380 g/mol. The molecule has 0 unspecified atom stereocenters. The van der Waals surface area contributed by atoms with Gasteiger partial charge >= 0.3 is 0 Å². The van der Waals surface area contributed by atoms with Crippen LogP contribution in [0.3, 0.4) is 0 Å². The van der Waals surface area contributed by atoms with E-state index in [1.54, 1.807) is 12.0 Å².